The summed E-state index contributed by atoms with van der Waals surface area (Å²) in [5.74, 6) is 0. The van der Waals surface area contributed by atoms with Crippen LogP contribution in [0, 0.1) is 0 Å². The number of benzene rings is 1. The van der Waals surface area contributed by atoms with Crippen LogP contribution >= 0.6 is 11.6 Å². The molecule has 1 atom stereocenters. The third kappa shape index (κ3) is 2.73. The first kappa shape index (κ1) is 12.7. The van der Waals surface area contributed by atoms with E-state index in [4.69, 9.17) is 16.3 Å². The molecule has 0 radical (unpaired) electrons. The Kier molecular flexibility index (Phi) is 4.26. The average molecular weight is 255 g/mol. The second kappa shape index (κ2) is 5.71. The van der Waals surface area contributed by atoms with Gasteiger partial charge in [0.2, 0.25) is 0 Å². The van der Waals surface area contributed by atoms with Gasteiger partial charge in [0.25, 0.3) is 0 Å². The molecule has 1 aliphatic rings. The number of hydrogen-bond acceptors (Lipinski definition) is 3. The summed E-state index contributed by atoms with van der Waals surface area (Å²) in [6, 6.07) is 6.50. The molecule has 1 heterocycles. The molecular formula is C13H19ClN2O. The number of nitrogens with one attached hydrogen (secondary N) is 1. The number of para-hydroxylation sites is 1. The Morgan fingerprint density at radius 1 is 1.53 bits per heavy atom. The molecule has 17 heavy (non-hydrogen) atoms. The SMILES string of the molecule is CNCc1cccc(Cl)c1N(C)C1CCOC1. The van der Waals surface area contributed by atoms with Crippen LogP contribution in [0.15, 0.2) is 18.2 Å². The number of halogens is 1. The molecule has 3 nitrogen and oxygen atoms in total. The lowest BCUT2D eigenvalue weighted by molar-refractivity contribution is 0.193. The zero-order chi connectivity index (χ0) is 12.3. The number of likely N-dealkylation sites (N-methyl/N-ethyl adjacent to an activating group) is 1. The molecule has 0 amide bonds. The predicted molar refractivity (Wildman–Crippen MR) is 71.8 cm³/mol. The second-order valence-corrected chi connectivity index (χ2v) is 4.81. The summed E-state index contributed by atoms with van der Waals surface area (Å²) in [5.41, 5.74) is 2.36. The minimum Gasteiger partial charge on any atom is -0.379 e. The van der Waals surface area contributed by atoms with Gasteiger partial charge < -0.3 is 15.0 Å². The van der Waals surface area contributed by atoms with Crippen LogP contribution in [0.2, 0.25) is 5.02 Å². The van der Waals surface area contributed by atoms with Crippen LogP contribution < -0.4 is 10.2 Å². The number of anilines is 1. The van der Waals surface area contributed by atoms with Crippen molar-refractivity contribution < 1.29 is 4.74 Å². The number of nitrogens with zero attached hydrogens (tertiary/aromatic N) is 1. The maximum absolute atomic E-state index is 6.33. The van der Waals surface area contributed by atoms with Crippen molar-refractivity contribution in [3.05, 3.63) is 28.8 Å². The fourth-order valence-corrected chi connectivity index (χ4v) is 2.63. The molecule has 1 aromatic carbocycles. The van der Waals surface area contributed by atoms with Crippen LogP contribution in [0.3, 0.4) is 0 Å². The predicted octanol–water partition coefficient (Wildman–Crippen LogP) is 2.28. The maximum atomic E-state index is 6.33. The van der Waals surface area contributed by atoms with Crippen molar-refractivity contribution >= 4 is 17.3 Å². The van der Waals surface area contributed by atoms with Crippen molar-refractivity contribution in [3.8, 4) is 0 Å². The van der Waals surface area contributed by atoms with Gasteiger partial charge in [0, 0.05) is 20.2 Å². The van der Waals surface area contributed by atoms with Crippen LogP contribution in [-0.2, 0) is 11.3 Å². The minimum absolute atomic E-state index is 0.436. The van der Waals surface area contributed by atoms with Gasteiger partial charge in [-0.2, -0.15) is 0 Å². The van der Waals surface area contributed by atoms with Crippen molar-refractivity contribution in [3.63, 3.8) is 0 Å². The Bertz CT molecular complexity index is 378. The first-order valence-corrected chi connectivity index (χ1v) is 6.34. The minimum atomic E-state index is 0.436. The topological polar surface area (TPSA) is 24.5 Å². The molecule has 1 aromatic rings. The monoisotopic (exact) mass is 254 g/mol. The maximum Gasteiger partial charge on any atom is 0.0670 e. The molecule has 1 fully saturated rings. The Labute approximate surface area is 108 Å². The molecule has 1 aliphatic heterocycles. The third-order valence-electron chi connectivity index (χ3n) is 3.24. The molecule has 0 aromatic heterocycles. The Morgan fingerprint density at radius 3 is 3.00 bits per heavy atom. The van der Waals surface area contributed by atoms with E-state index in [1.807, 2.05) is 19.2 Å². The van der Waals surface area contributed by atoms with Crippen molar-refractivity contribution in [1.82, 2.24) is 5.32 Å². The zero-order valence-electron chi connectivity index (χ0n) is 10.4. The molecule has 94 valence electrons. The summed E-state index contributed by atoms with van der Waals surface area (Å²) in [6.07, 6.45) is 1.07. The molecule has 0 bridgehead atoms. The first-order valence-electron chi connectivity index (χ1n) is 5.96. The molecule has 1 N–H and O–H groups in total. The normalized spacial score (nSPS) is 19.6. The quantitative estimate of drug-likeness (QED) is 0.892. The van der Waals surface area contributed by atoms with E-state index in [0.717, 1.165) is 36.9 Å². The van der Waals surface area contributed by atoms with Gasteiger partial charge in [-0.05, 0) is 25.1 Å². The molecule has 4 heteroatoms. The Hall–Kier alpha value is -0.770. The molecule has 2 rings (SSSR count). The summed E-state index contributed by atoms with van der Waals surface area (Å²) < 4.78 is 5.44. The first-order chi connectivity index (χ1) is 8.24. The van der Waals surface area contributed by atoms with Crippen LogP contribution in [0.1, 0.15) is 12.0 Å². The third-order valence-corrected chi connectivity index (χ3v) is 3.55. The molecule has 1 unspecified atom stereocenters. The lowest BCUT2D eigenvalue weighted by atomic mass is 10.1. The van der Waals surface area contributed by atoms with E-state index in [1.165, 1.54) is 5.56 Å². The van der Waals surface area contributed by atoms with Crippen molar-refractivity contribution in [2.75, 3.05) is 32.2 Å². The van der Waals surface area contributed by atoms with Crippen LogP contribution in [0.5, 0.6) is 0 Å². The number of ether oxygens (including phenoxy) is 1. The van der Waals surface area contributed by atoms with Gasteiger partial charge in [-0.25, -0.2) is 0 Å². The highest BCUT2D eigenvalue weighted by Gasteiger charge is 2.23. The van der Waals surface area contributed by atoms with Crippen LogP contribution in [-0.4, -0.2) is 33.4 Å². The van der Waals surface area contributed by atoms with E-state index in [2.05, 4.69) is 23.3 Å². The van der Waals surface area contributed by atoms with Gasteiger partial charge in [-0.3, -0.25) is 0 Å². The van der Waals surface area contributed by atoms with E-state index in [0.29, 0.717) is 6.04 Å². The summed E-state index contributed by atoms with van der Waals surface area (Å²) in [6.45, 7) is 2.47. The lowest BCUT2D eigenvalue weighted by Crippen LogP contribution is -2.33. The molecular weight excluding hydrogens is 236 g/mol. The molecule has 0 saturated carbocycles. The van der Waals surface area contributed by atoms with Crippen molar-refractivity contribution in [1.29, 1.82) is 0 Å². The van der Waals surface area contributed by atoms with Gasteiger partial charge >= 0.3 is 0 Å². The lowest BCUT2D eigenvalue weighted by Gasteiger charge is -2.28. The van der Waals surface area contributed by atoms with Crippen molar-refractivity contribution in [2.24, 2.45) is 0 Å². The smallest absolute Gasteiger partial charge is 0.0670 e. The van der Waals surface area contributed by atoms with E-state index < -0.39 is 0 Å². The highest BCUT2D eigenvalue weighted by atomic mass is 35.5. The Morgan fingerprint density at radius 2 is 2.35 bits per heavy atom. The molecule has 1 saturated heterocycles. The van der Waals surface area contributed by atoms with Gasteiger partial charge in [0.05, 0.1) is 23.4 Å². The van der Waals surface area contributed by atoms with E-state index in [1.54, 1.807) is 0 Å². The molecule has 0 spiro atoms. The van der Waals surface area contributed by atoms with Gasteiger partial charge in [-0.15, -0.1) is 0 Å². The van der Waals surface area contributed by atoms with E-state index in [-0.39, 0.29) is 0 Å². The van der Waals surface area contributed by atoms with E-state index in [9.17, 15) is 0 Å². The van der Waals surface area contributed by atoms with Crippen molar-refractivity contribution in [2.45, 2.75) is 19.0 Å². The summed E-state index contributed by atoms with van der Waals surface area (Å²) in [4.78, 5) is 2.25. The van der Waals surface area contributed by atoms with Gasteiger partial charge in [0.15, 0.2) is 0 Å². The zero-order valence-corrected chi connectivity index (χ0v) is 11.1. The van der Waals surface area contributed by atoms with E-state index >= 15 is 0 Å². The standard InChI is InChI=1S/C13H19ClN2O/c1-15-8-10-4-3-5-12(14)13(10)16(2)11-6-7-17-9-11/h3-5,11,15H,6-9H2,1-2H3. The summed E-state index contributed by atoms with van der Waals surface area (Å²) in [7, 11) is 4.04. The van der Waals surface area contributed by atoms with Crippen LogP contribution in [0.25, 0.3) is 0 Å². The number of hydrogen-bond donors (Lipinski definition) is 1. The average Bonchev–Trinajstić information content (AvgIpc) is 2.82. The second-order valence-electron chi connectivity index (χ2n) is 4.41. The van der Waals surface area contributed by atoms with Gasteiger partial charge in [-0.1, -0.05) is 23.7 Å². The van der Waals surface area contributed by atoms with Crippen LogP contribution in [0.4, 0.5) is 5.69 Å². The van der Waals surface area contributed by atoms with Gasteiger partial charge in [0.1, 0.15) is 0 Å². The summed E-state index contributed by atoms with van der Waals surface area (Å²) >= 11 is 6.33. The highest BCUT2D eigenvalue weighted by Crippen LogP contribution is 2.31. The number of rotatable bonds is 4. The fraction of sp³-hybridized carbons (Fsp3) is 0.538. The fourth-order valence-electron chi connectivity index (χ4n) is 2.30. The Balaban J connectivity index is 2.28. The highest BCUT2D eigenvalue weighted by molar-refractivity contribution is 6.33. The molecule has 0 aliphatic carbocycles. The summed E-state index contributed by atoms with van der Waals surface area (Å²) in [5, 5.41) is 3.99. The largest absolute Gasteiger partial charge is 0.379 e.